The van der Waals surface area contributed by atoms with Gasteiger partial charge in [-0.25, -0.2) is 0 Å². The highest BCUT2D eigenvalue weighted by atomic mass is 35.5. The van der Waals surface area contributed by atoms with Gasteiger partial charge in [0.2, 0.25) is 0 Å². The lowest BCUT2D eigenvalue weighted by molar-refractivity contribution is -0.148. The number of hydrogen-bond donors (Lipinski definition) is 2. The van der Waals surface area contributed by atoms with E-state index in [1.54, 1.807) is 0 Å². The lowest BCUT2D eigenvalue weighted by Crippen LogP contribution is -2.40. The number of carbonyl (C=O) groups is 1. The van der Waals surface area contributed by atoms with Gasteiger partial charge in [0, 0.05) is 0 Å². The van der Waals surface area contributed by atoms with Crippen molar-refractivity contribution in [2.75, 3.05) is 24.3 Å². The molecule has 47 heavy (non-hydrogen) atoms. The molecule has 0 saturated heterocycles. The first-order valence-electron chi connectivity index (χ1n) is 20.4. The molecule has 5 heteroatoms. The molecule has 0 saturated carbocycles. The van der Waals surface area contributed by atoms with Crippen LogP contribution in [-0.4, -0.2) is 41.9 Å². The number of unbranched alkanes of at least 4 members (excludes halogenated alkanes) is 21. The number of ether oxygens (including phenoxy) is 1. The minimum atomic E-state index is -0.508. The van der Waals surface area contributed by atoms with Crippen molar-refractivity contribution in [1.29, 1.82) is 0 Å². The first-order chi connectivity index (χ1) is 23.1. The first kappa shape index (κ1) is 44.3. The zero-order valence-corrected chi connectivity index (χ0v) is 33.0. The molecule has 0 aliphatic carbocycles. The fourth-order valence-corrected chi connectivity index (χ4v) is 8.30. The molecular weight excluding hydrogens is 618 g/mol. The molecule has 0 spiro atoms. The summed E-state index contributed by atoms with van der Waals surface area (Å²) in [5, 5.41) is 3.59. The van der Waals surface area contributed by atoms with Crippen LogP contribution >= 0.6 is 22.5 Å². The van der Waals surface area contributed by atoms with Crippen LogP contribution in [0.1, 0.15) is 186 Å². The van der Waals surface area contributed by atoms with Crippen molar-refractivity contribution < 1.29 is 9.53 Å². The van der Waals surface area contributed by atoms with Gasteiger partial charge in [-0.2, -0.15) is 0 Å². The highest BCUT2D eigenvalue weighted by Crippen LogP contribution is 2.24. The quantitative estimate of drug-likeness (QED) is 0.0321. The summed E-state index contributed by atoms with van der Waals surface area (Å²) < 4.78 is 5.80. The van der Waals surface area contributed by atoms with Crippen LogP contribution < -0.4 is 5.32 Å². The van der Waals surface area contributed by atoms with Gasteiger partial charge in [0.25, 0.3) is 0 Å². The summed E-state index contributed by atoms with van der Waals surface area (Å²) in [6.07, 6.45) is 37.0. The fourth-order valence-electron chi connectivity index (χ4n) is 6.44. The summed E-state index contributed by atoms with van der Waals surface area (Å²) in [6.45, 7) is 5.45. The topological polar surface area (TPSA) is 38.3 Å². The third kappa shape index (κ3) is 28.8. The van der Waals surface area contributed by atoms with Crippen molar-refractivity contribution >= 4 is 28.5 Å². The summed E-state index contributed by atoms with van der Waals surface area (Å²) in [6, 6.07) is 10.6. The summed E-state index contributed by atoms with van der Waals surface area (Å²) >= 11 is 6.54. The van der Waals surface area contributed by atoms with Crippen molar-refractivity contribution in [3.63, 3.8) is 0 Å². The Labute approximate surface area is 301 Å². The van der Waals surface area contributed by atoms with Crippen LogP contribution in [0.15, 0.2) is 30.3 Å². The Morgan fingerprint density at radius 1 is 0.638 bits per heavy atom. The van der Waals surface area contributed by atoms with E-state index in [1.807, 2.05) is 0 Å². The second-order valence-electron chi connectivity index (χ2n) is 14.2. The number of esters is 1. The zero-order chi connectivity index (χ0) is 34.0. The van der Waals surface area contributed by atoms with Crippen molar-refractivity contribution in [2.45, 2.75) is 199 Å². The average molecular weight is 697 g/mol. The average Bonchev–Trinajstić information content (AvgIpc) is 3.07. The molecule has 0 aliphatic heterocycles. The maximum Gasteiger partial charge on any atom is 0.324 e. The molecule has 0 aliphatic rings. The normalized spacial score (nSPS) is 13.8. The van der Waals surface area contributed by atoms with E-state index in [0.717, 1.165) is 44.4 Å². The van der Waals surface area contributed by atoms with Gasteiger partial charge in [0.05, 0.1) is 0 Å². The van der Waals surface area contributed by atoms with E-state index in [4.69, 9.17) is 16.3 Å². The molecule has 3 atom stereocenters. The number of rotatable bonds is 35. The van der Waals surface area contributed by atoms with Gasteiger partial charge in [-0.3, -0.25) is 15.7 Å². The van der Waals surface area contributed by atoms with E-state index in [1.165, 1.54) is 153 Å². The Hall–Kier alpha value is -0.710. The first-order valence-corrected chi connectivity index (χ1v) is 23.0. The fraction of sp³-hybridized carbons (Fsp3) is 0.833. The molecule has 1 aromatic carbocycles. The number of nitrogens with one attached hydrogen (secondary N) is 1. The van der Waals surface area contributed by atoms with E-state index in [0.29, 0.717) is 0 Å². The van der Waals surface area contributed by atoms with Crippen molar-refractivity contribution in [3.05, 3.63) is 35.9 Å². The van der Waals surface area contributed by atoms with Crippen LogP contribution in [0.4, 0.5) is 0 Å². The molecule has 2 unspecified atom stereocenters. The molecule has 3 nitrogen and oxygen atoms in total. The molecule has 276 valence electrons. The highest BCUT2D eigenvalue weighted by molar-refractivity contribution is 8.16. The van der Waals surface area contributed by atoms with Gasteiger partial charge in [0.1, 0.15) is 6.04 Å². The van der Waals surface area contributed by atoms with Gasteiger partial charge >= 0.3 is 5.97 Å². The highest BCUT2D eigenvalue weighted by Gasteiger charge is 2.22. The van der Waals surface area contributed by atoms with Gasteiger partial charge in [0.15, 0.2) is 5.56 Å². The van der Waals surface area contributed by atoms with Crippen molar-refractivity contribution in [2.24, 2.45) is 0 Å². The van der Waals surface area contributed by atoms with E-state index in [-0.39, 0.29) is 22.9 Å². The minimum Gasteiger partial charge on any atom is -0.445 e. The Balaban J connectivity index is 2.29. The van der Waals surface area contributed by atoms with E-state index >= 15 is 0 Å². The third-order valence-electron chi connectivity index (χ3n) is 9.63. The van der Waals surface area contributed by atoms with Crippen molar-refractivity contribution in [3.8, 4) is 0 Å². The lowest BCUT2D eigenvalue weighted by Gasteiger charge is -2.23. The Morgan fingerprint density at radius 2 is 1.11 bits per heavy atom. The molecular formula is C42H78ClNO2S. The smallest absolute Gasteiger partial charge is 0.324 e. The van der Waals surface area contributed by atoms with Gasteiger partial charge in [-0.1, -0.05) is 191 Å². The molecule has 0 radical (unpaired) electrons. The molecule has 0 bridgehead atoms. The maximum absolute atomic E-state index is 13.2. The predicted molar refractivity (Wildman–Crippen MR) is 214 cm³/mol. The van der Waals surface area contributed by atoms with Crippen LogP contribution in [0.2, 0.25) is 0 Å². The molecule has 1 aromatic rings. The number of benzene rings is 1. The van der Waals surface area contributed by atoms with Gasteiger partial charge in [-0.15, -0.1) is 0 Å². The number of carbonyl (C=O) groups excluding carboxylic acids is 1. The van der Waals surface area contributed by atoms with Gasteiger partial charge < -0.3 is 10.1 Å². The third-order valence-corrected chi connectivity index (χ3v) is 12.0. The van der Waals surface area contributed by atoms with E-state index < -0.39 is 5.56 Å². The molecule has 0 amide bonds. The summed E-state index contributed by atoms with van der Waals surface area (Å²) in [7, 11) is -0.0945. The van der Waals surface area contributed by atoms with Gasteiger partial charge in [-0.05, 0) is 68.4 Å². The van der Waals surface area contributed by atoms with Crippen LogP contribution in [0, 0.1) is 0 Å². The molecule has 1 N–H and O–H groups in total. The Bertz CT molecular complexity index is 794. The minimum absolute atomic E-state index is 0.0945. The Morgan fingerprint density at radius 3 is 1.62 bits per heavy atom. The molecule has 0 heterocycles. The number of alkyl halides is 1. The monoisotopic (exact) mass is 696 g/mol. The zero-order valence-electron chi connectivity index (χ0n) is 31.4. The van der Waals surface area contributed by atoms with E-state index in [2.05, 4.69) is 55.8 Å². The largest absolute Gasteiger partial charge is 0.445 e. The molecule has 0 aromatic heterocycles. The van der Waals surface area contributed by atoms with Crippen LogP contribution in [-0.2, 0) is 16.0 Å². The lowest BCUT2D eigenvalue weighted by atomic mass is 10.0. The second kappa shape index (κ2) is 33.8. The second-order valence-corrected chi connectivity index (χ2v) is 17.3. The predicted octanol–water partition coefficient (Wildman–Crippen LogP) is 13.1. The molecule has 0 fully saturated rings. The van der Waals surface area contributed by atoms with Crippen molar-refractivity contribution in [1.82, 2.24) is 5.32 Å². The molecule has 1 rings (SSSR count). The summed E-state index contributed by atoms with van der Waals surface area (Å²) in [4.78, 5) is 13.2. The number of halogens is 1. The van der Waals surface area contributed by atoms with Crippen LogP contribution in [0.3, 0.4) is 0 Å². The van der Waals surface area contributed by atoms with Crippen LogP contribution in [0.25, 0.3) is 0 Å². The Kier molecular flexibility index (Phi) is 31.8. The van der Waals surface area contributed by atoms with Crippen LogP contribution in [0.5, 0.6) is 0 Å². The summed E-state index contributed by atoms with van der Waals surface area (Å²) in [5.74, 6) is 2.21. The standard InChI is InChI=1S/C42H78ClNO2S/c1-4-6-8-10-12-14-15-16-17-18-20-22-24-29-36-44-40(35-38-47(3)37-30-33-39-31-26-25-27-32-39)42(45)46-41(43)34-28-23-21-19-13-11-9-7-5-2/h25-27,31-32,40-41,44,47H,4-24,28-30,33-38H2,1-3H3/t40-,41?/m1/s1. The number of thiol groups is 1. The number of aryl methyl sites for hydroxylation is 1. The number of hydrogen-bond acceptors (Lipinski definition) is 3. The SMILES string of the molecule is CCCCCCCCCCCCCCCCN[C@H](CC[SH](C)CCCc1ccccc1)C(=O)OC(Cl)CCCCCCCCCCC. The van der Waals surface area contributed by atoms with E-state index in [9.17, 15) is 4.79 Å². The summed E-state index contributed by atoms with van der Waals surface area (Å²) in [5.41, 5.74) is 0.915. The maximum atomic E-state index is 13.2.